The third-order valence-electron chi connectivity index (χ3n) is 13.2. The monoisotopic (exact) mass is 784 g/mol. The Kier molecular flexibility index (Phi) is 11.8. The van der Waals surface area contributed by atoms with E-state index in [1.165, 1.54) is 45.4 Å². The second kappa shape index (κ2) is 17.8. The molecule has 8 nitrogen and oxygen atoms in total. The molecular formula is C51H56N6O2. The minimum Gasteiger partial charge on any atom is -0.334 e. The Balaban J connectivity index is 0.800. The van der Waals surface area contributed by atoms with Gasteiger partial charge in [0.2, 0.25) is 11.8 Å². The zero-order valence-corrected chi connectivity index (χ0v) is 34.4. The number of nitrogens with one attached hydrogen (secondary N) is 1. The number of hydrogen-bond acceptors (Lipinski definition) is 6. The van der Waals surface area contributed by atoms with Gasteiger partial charge in [-0.2, -0.15) is 0 Å². The van der Waals surface area contributed by atoms with Crippen molar-refractivity contribution in [2.75, 3.05) is 33.2 Å². The fourth-order valence-electron chi connectivity index (χ4n) is 10.0. The average Bonchev–Trinajstić information content (AvgIpc) is 4.13. The van der Waals surface area contributed by atoms with Gasteiger partial charge in [-0.3, -0.25) is 24.5 Å². The minimum absolute atomic E-state index is 0.0533. The molecule has 3 fully saturated rings. The lowest BCUT2D eigenvalue weighted by atomic mass is 9.94. The largest absolute Gasteiger partial charge is 0.334 e. The van der Waals surface area contributed by atoms with E-state index in [-0.39, 0.29) is 29.9 Å². The van der Waals surface area contributed by atoms with E-state index in [1.54, 1.807) is 0 Å². The van der Waals surface area contributed by atoms with Gasteiger partial charge in [-0.15, -0.1) is 0 Å². The molecule has 302 valence electrons. The Morgan fingerprint density at radius 3 is 1.73 bits per heavy atom. The Bertz CT molecular complexity index is 2270. The lowest BCUT2D eigenvalue weighted by Gasteiger charge is -2.37. The van der Waals surface area contributed by atoms with Crippen LogP contribution in [0.1, 0.15) is 91.6 Å². The Morgan fingerprint density at radius 2 is 1.14 bits per heavy atom. The molecule has 8 heteroatoms. The summed E-state index contributed by atoms with van der Waals surface area (Å²) in [5, 5.41) is 3.23. The normalized spacial score (nSPS) is 21.3. The molecule has 0 saturated carbocycles. The Hall–Kier alpha value is -5.44. The van der Waals surface area contributed by atoms with Gasteiger partial charge < -0.3 is 15.1 Å². The second-order valence-electron chi connectivity index (χ2n) is 16.9. The van der Waals surface area contributed by atoms with Crippen molar-refractivity contribution in [2.45, 2.75) is 88.9 Å². The van der Waals surface area contributed by atoms with Crippen LogP contribution in [0.3, 0.4) is 0 Å². The maximum absolute atomic E-state index is 14.4. The molecule has 0 spiro atoms. The van der Waals surface area contributed by atoms with Crippen molar-refractivity contribution in [2.24, 2.45) is 9.98 Å². The summed E-state index contributed by atoms with van der Waals surface area (Å²) >= 11 is 0. The number of nitrogens with zero attached hydrogens (tertiary/aromatic N) is 5. The van der Waals surface area contributed by atoms with Crippen molar-refractivity contribution < 1.29 is 9.59 Å². The first-order valence-electron chi connectivity index (χ1n) is 21.9. The second-order valence-corrected chi connectivity index (χ2v) is 16.9. The quantitative estimate of drug-likeness (QED) is 0.156. The van der Waals surface area contributed by atoms with Crippen molar-refractivity contribution >= 4 is 34.4 Å². The molecule has 0 aromatic heterocycles. The fraction of sp³-hybridized carbons (Fsp3) is 0.373. The molecule has 9 rings (SSSR count). The number of hydrogen-bond donors (Lipinski definition) is 1. The molecule has 5 aliphatic rings. The summed E-state index contributed by atoms with van der Waals surface area (Å²) in [6, 6.07) is 36.1. The third-order valence-corrected chi connectivity index (χ3v) is 13.2. The maximum Gasteiger partial charge on any atom is 0.245 e. The van der Waals surface area contributed by atoms with E-state index in [0.717, 1.165) is 107 Å². The van der Waals surface area contributed by atoms with Gasteiger partial charge >= 0.3 is 0 Å². The molecule has 2 amide bonds. The molecule has 4 aromatic carbocycles. The molecule has 3 atom stereocenters. The topological polar surface area (TPSA) is 80.6 Å². The molecule has 3 saturated heterocycles. The van der Waals surface area contributed by atoms with Gasteiger partial charge in [0.05, 0.1) is 18.5 Å². The maximum atomic E-state index is 14.4. The number of aliphatic imine (C=N–C) groups is 2. The van der Waals surface area contributed by atoms with E-state index in [1.807, 2.05) is 37.6 Å². The van der Waals surface area contributed by atoms with Gasteiger partial charge in [0.25, 0.3) is 0 Å². The molecule has 0 aliphatic carbocycles. The molecular weight excluding hydrogens is 729 g/mol. The molecule has 5 heterocycles. The van der Waals surface area contributed by atoms with Crippen LogP contribution in [0.25, 0.3) is 22.3 Å². The molecule has 0 bridgehead atoms. The first-order chi connectivity index (χ1) is 29.0. The van der Waals surface area contributed by atoms with Gasteiger partial charge in [0.1, 0.15) is 6.04 Å². The van der Waals surface area contributed by atoms with Crippen LogP contribution in [0.2, 0.25) is 0 Å². The van der Waals surface area contributed by atoms with Crippen LogP contribution < -0.4 is 5.32 Å². The summed E-state index contributed by atoms with van der Waals surface area (Å²) in [5.41, 5.74) is 12.7. The first kappa shape index (κ1) is 39.0. The Morgan fingerprint density at radius 1 is 0.610 bits per heavy atom. The molecule has 59 heavy (non-hydrogen) atoms. The van der Waals surface area contributed by atoms with Crippen molar-refractivity contribution in [1.29, 1.82) is 0 Å². The number of rotatable bonds is 12. The van der Waals surface area contributed by atoms with Gasteiger partial charge in [-0.05, 0) is 109 Å². The van der Waals surface area contributed by atoms with Crippen LogP contribution >= 0.6 is 0 Å². The van der Waals surface area contributed by atoms with Gasteiger partial charge in [-0.25, -0.2) is 0 Å². The van der Waals surface area contributed by atoms with E-state index < -0.39 is 0 Å². The zero-order chi connectivity index (χ0) is 40.1. The summed E-state index contributed by atoms with van der Waals surface area (Å²) in [6.07, 6.45) is 13.5. The van der Waals surface area contributed by atoms with Crippen molar-refractivity contribution in [3.8, 4) is 11.1 Å². The Labute approximate surface area is 349 Å². The first-order valence-corrected chi connectivity index (χ1v) is 21.9. The van der Waals surface area contributed by atoms with E-state index >= 15 is 0 Å². The van der Waals surface area contributed by atoms with Crippen LogP contribution in [0.5, 0.6) is 0 Å². The molecule has 1 N–H and O–H groups in total. The molecule has 0 radical (unpaired) electrons. The van der Waals surface area contributed by atoms with Gasteiger partial charge in [0.15, 0.2) is 0 Å². The zero-order valence-electron chi connectivity index (χ0n) is 34.4. The minimum atomic E-state index is -0.225. The van der Waals surface area contributed by atoms with Crippen molar-refractivity contribution in [1.82, 2.24) is 20.0 Å². The summed E-state index contributed by atoms with van der Waals surface area (Å²) < 4.78 is 0. The number of carbonyl (C=O) groups excluding carboxylic acids is 2. The lowest BCUT2D eigenvalue weighted by Crippen LogP contribution is -2.48. The predicted octanol–water partition coefficient (Wildman–Crippen LogP) is 8.90. The van der Waals surface area contributed by atoms with E-state index in [9.17, 15) is 9.59 Å². The highest BCUT2D eigenvalue weighted by Gasteiger charge is 2.40. The number of benzene rings is 4. The summed E-state index contributed by atoms with van der Waals surface area (Å²) in [4.78, 5) is 44.4. The highest BCUT2D eigenvalue weighted by molar-refractivity contribution is 6.04. The standard InChI is InChI=1S/C51H56N6O2/c1-52-33-42-15-7-6-14-41(42)32-49(58)56-28-10-16-47(56)45-30-43(34-53-45)38-22-18-36(19-23-38)37-20-24-39(25-21-37)44-31-46(54-35-44)48-17-11-29-57(48)51(59)50(40-12-4-2-5-13-40)55-26-8-3-9-27-55/h2,4-7,12-15,18-25,34-35,47-48,50,52H,3,8-11,16-17,26-33H2,1H3/t47-,48-,50+/m0/s1. The van der Waals surface area contributed by atoms with Gasteiger partial charge in [0, 0.05) is 56.3 Å². The van der Waals surface area contributed by atoms with Gasteiger partial charge in [-0.1, -0.05) is 110 Å². The van der Waals surface area contributed by atoms with Crippen LogP contribution in [0.15, 0.2) is 126 Å². The summed E-state index contributed by atoms with van der Waals surface area (Å²) in [6.45, 7) is 4.29. The predicted molar refractivity (Wildman–Crippen MR) is 239 cm³/mol. The average molecular weight is 785 g/mol. The highest BCUT2D eigenvalue weighted by atomic mass is 16.2. The van der Waals surface area contributed by atoms with Crippen molar-refractivity contribution in [3.05, 3.63) is 143 Å². The van der Waals surface area contributed by atoms with Crippen LogP contribution in [-0.4, -0.2) is 83.2 Å². The highest BCUT2D eigenvalue weighted by Crippen LogP contribution is 2.36. The number of likely N-dealkylation sites (tertiary alicyclic amines) is 3. The number of carbonyl (C=O) groups is 2. The molecule has 4 aromatic rings. The van der Waals surface area contributed by atoms with Crippen LogP contribution in [-0.2, 0) is 22.6 Å². The van der Waals surface area contributed by atoms with E-state index in [4.69, 9.17) is 9.98 Å². The number of piperidine rings is 1. The van der Waals surface area contributed by atoms with E-state index in [2.05, 4.69) is 105 Å². The third kappa shape index (κ3) is 8.39. The summed E-state index contributed by atoms with van der Waals surface area (Å²) in [5.74, 6) is 0.419. The molecule has 5 aliphatic heterocycles. The van der Waals surface area contributed by atoms with Crippen molar-refractivity contribution in [3.63, 3.8) is 0 Å². The van der Waals surface area contributed by atoms with Crippen LogP contribution in [0.4, 0.5) is 0 Å². The number of amides is 2. The SMILES string of the molecule is CNCc1ccccc1CC(=O)N1CCC[C@H]1C1=NC=C(c2ccc(-c3ccc(C4=CN=C([C@@H]5CCCN5C(=O)[C@@H](c5ccccc5)N5CCCCC5)C4)cc3)cc2)C1. The van der Waals surface area contributed by atoms with Crippen LogP contribution in [0, 0.1) is 0 Å². The smallest absolute Gasteiger partial charge is 0.245 e. The van der Waals surface area contributed by atoms with E-state index in [0.29, 0.717) is 6.42 Å². The lowest BCUT2D eigenvalue weighted by molar-refractivity contribution is -0.137. The fourth-order valence-corrected chi connectivity index (χ4v) is 10.0. The molecule has 0 unspecified atom stereocenters. The summed E-state index contributed by atoms with van der Waals surface area (Å²) in [7, 11) is 1.94. The number of allylic oxidation sites excluding steroid dienone is 2.